The Kier molecular flexibility index (Phi) is 5.13. The standard InChI is InChI=1S/C13H24O2/c1-13(12(14)15-2)10-8-6-4-3-5-7-9-11-13/h3-11H2,1-2H3. The maximum absolute atomic E-state index is 11.7. The number of hydrogen-bond donors (Lipinski definition) is 0. The van der Waals surface area contributed by atoms with Gasteiger partial charge in [0.05, 0.1) is 12.5 Å². The van der Waals surface area contributed by atoms with Crippen molar-refractivity contribution in [1.82, 2.24) is 0 Å². The molecule has 0 heterocycles. The molecule has 2 heteroatoms. The molecule has 0 radical (unpaired) electrons. The summed E-state index contributed by atoms with van der Waals surface area (Å²) >= 11 is 0. The van der Waals surface area contributed by atoms with Gasteiger partial charge in [0, 0.05) is 0 Å². The van der Waals surface area contributed by atoms with Gasteiger partial charge in [0.1, 0.15) is 0 Å². The van der Waals surface area contributed by atoms with Crippen LogP contribution in [0, 0.1) is 5.41 Å². The van der Waals surface area contributed by atoms with Crippen LogP contribution >= 0.6 is 0 Å². The SMILES string of the molecule is COC(=O)C1(C)CCCCCCCCC1. The Morgan fingerprint density at radius 2 is 1.33 bits per heavy atom. The summed E-state index contributed by atoms with van der Waals surface area (Å²) in [5, 5.41) is 0. The number of hydrogen-bond acceptors (Lipinski definition) is 2. The molecular formula is C13H24O2. The normalized spacial score (nSPS) is 23.1. The summed E-state index contributed by atoms with van der Waals surface area (Å²) in [4.78, 5) is 11.7. The topological polar surface area (TPSA) is 26.3 Å². The lowest BCUT2D eigenvalue weighted by Crippen LogP contribution is -2.29. The monoisotopic (exact) mass is 212 g/mol. The fourth-order valence-corrected chi connectivity index (χ4v) is 2.49. The first-order valence-electron chi connectivity index (χ1n) is 6.27. The Morgan fingerprint density at radius 3 is 1.73 bits per heavy atom. The molecule has 0 bridgehead atoms. The zero-order valence-corrected chi connectivity index (χ0v) is 10.2. The zero-order valence-electron chi connectivity index (χ0n) is 10.2. The summed E-state index contributed by atoms with van der Waals surface area (Å²) in [6.45, 7) is 2.07. The Hall–Kier alpha value is -0.530. The van der Waals surface area contributed by atoms with Gasteiger partial charge in [-0.1, -0.05) is 44.9 Å². The number of esters is 1. The molecule has 0 aromatic rings. The van der Waals surface area contributed by atoms with Gasteiger partial charge in [-0.25, -0.2) is 0 Å². The van der Waals surface area contributed by atoms with Crippen molar-refractivity contribution in [2.24, 2.45) is 5.41 Å². The van der Waals surface area contributed by atoms with Crippen LogP contribution in [0.15, 0.2) is 0 Å². The molecule has 0 unspecified atom stereocenters. The third-order valence-corrected chi connectivity index (χ3v) is 3.64. The highest BCUT2D eigenvalue weighted by Gasteiger charge is 2.33. The third-order valence-electron chi connectivity index (χ3n) is 3.64. The summed E-state index contributed by atoms with van der Waals surface area (Å²) in [7, 11) is 1.51. The molecule has 88 valence electrons. The molecule has 15 heavy (non-hydrogen) atoms. The minimum Gasteiger partial charge on any atom is -0.469 e. The smallest absolute Gasteiger partial charge is 0.311 e. The van der Waals surface area contributed by atoms with Crippen molar-refractivity contribution in [2.75, 3.05) is 7.11 Å². The van der Waals surface area contributed by atoms with Crippen LogP contribution in [0.5, 0.6) is 0 Å². The molecular weight excluding hydrogens is 188 g/mol. The second-order valence-electron chi connectivity index (χ2n) is 5.03. The van der Waals surface area contributed by atoms with Crippen molar-refractivity contribution in [3.63, 3.8) is 0 Å². The molecule has 0 saturated heterocycles. The molecule has 0 aromatic heterocycles. The summed E-state index contributed by atoms with van der Waals surface area (Å²) in [6.07, 6.45) is 10.9. The van der Waals surface area contributed by atoms with Gasteiger partial charge in [0.25, 0.3) is 0 Å². The molecule has 0 aromatic carbocycles. The van der Waals surface area contributed by atoms with Crippen LogP contribution in [0.2, 0.25) is 0 Å². The van der Waals surface area contributed by atoms with E-state index in [1.807, 2.05) is 0 Å². The molecule has 2 nitrogen and oxygen atoms in total. The van der Waals surface area contributed by atoms with Crippen molar-refractivity contribution in [3.8, 4) is 0 Å². The first kappa shape index (κ1) is 12.5. The van der Waals surface area contributed by atoms with Crippen LogP contribution in [0.1, 0.15) is 64.7 Å². The van der Waals surface area contributed by atoms with Gasteiger partial charge in [-0.3, -0.25) is 4.79 Å². The van der Waals surface area contributed by atoms with E-state index < -0.39 is 0 Å². The van der Waals surface area contributed by atoms with Crippen LogP contribution in [0.3, 0.4) is 0 Å². The lowest BCUT2D eigenvalue weighted by atomic mass is 9.79. The second kappa shape index (κ2) is 6.14. The van der Waals surface area contributed by atoms with E-state index in [-0.39, 0.29) is 11.4 Å². The minimum absolute atomic E-state index is 0.0110. The third kappa shape index (κ3) is 3.84. The van der Waals surface area contributed by atoms with E-state index in [2.05, 4.69) is 6.92 Å². The lowest BCUT2D eigenvalue weighted by molar-refractivity contribution is -0.152. The summed E-state index contributed by atoms with van der Waals surface area (Å²) in [5.41, 5.74) is -0.216. The van der Waals surface area contributed by atoms with Crippen molar-refractivity contribution in [3.05, 3.63) is 0 Å². The average Bonchev–Trinajstić information content (AvgIpc) is 2.26. The number of carbonyl (C=O) groups is 1. The Labute approximate surface area is 93.4 Å². The van der Waals surface area contributed by atoms with E-state index >= 15 is 0 Å². The first-order valence-corrected chi connectivity index (χ1v) is 6.27. The van der Waals surface area contributed by atoms with Crippen LogP contribution in [-0.2, 0) is 9.53 Å². The van der Waals surface area contributed by atoms with Gasteiger partial charge < -0.3 is 4.74 Å². The largest absolute Gasteiger partial charge is 0.469 e. The quantitative estimate of drug-likeness (QED) is 0.620. The number of rotatable bonds is 1. The molecule has 0 amide bonds. The summed E-state index contributed by atoms with van der Waals surface area (Å²) in [6, 6.07) is 0. The molecule has 1 saturated carbocycles. The number of ether oxygens (including phenoxy) is 1. The van der Waals surface area contributed by atoms with Crippen LogP contribution in [-0.4, -0.2) is 13.1 Å². The molecule has 1 aliphatic rings. The second-order valence-corrected chi connectivity index (χ2v) is 5.03. The van der Waals surface area contributed by atoms with Crippen molar-refractivity contribution < 1.29 is 9.53 Å². The predicted octanol–water partition coefficient (Wildman–Crippen LogP) is 3.69. The van der Waals surface area contributed by atoms with Gasteiger partial charge in [-0.15, -0.1) is 0 Å². The van der Waals surface area contributed by atoms with Crippen molar-refractivity contribution in [1.29, 1.82) is 0 Å². The molecule has 0 atom stereocenters. The van der Waals surface area contributed by atoms with E-state index in [0.717, 1.165) is 12.8 Å². The Morgan fingerprint density at radius 1 is 0.933 bits per heavy atom. The molecule has 0 spiro atoms. The van der Waals surface area contributed by atoms with Gasteiger partial charge in [-0.05, 0) is 19.8 Å². The van der Waals surface area contributed by atoms with Gasteiger partial charge in [-0.2, -0.15) is 0 Å². The number of methoxy groups -OCH3 is 1. The molecule has 1 fully saturated rings. The molecule has 0 aliphatic heterocycles. The maximum atomic E-state index is 11.7. The van der Waals surface area contributed by atoms with E-state index in [9.17, 15) is 4.79 Å². The molecule has 0 N–H and O–H groups in total. The van der Waals surface area contributed by atoms with Crippen LogP contribution in [0.4, 0.5) is 0 Å². The fraction of sp³-hybridized carbons (Fsp3) is 0.923. The molecule has 1 rings (SSSR count). The van der Waals surface area contributed by atoms with E-state index in [1.54, 1.807) is 0 Å². The van der Waals surface area contributed by atoms with E-state index in [1.165, 1.54) is 52.1 Å². The van der Waals surface area contributed by atoms with Gasteiger partial charge in [0.2, 0.25) is 0 Å². The highest BCUT2D eigenvalue weighted by atomic mass is 16.5. The fourth-order valence-electron chi connectivity index (χ4n) is 2.49. The minimum atomic E-state index is -0.216. The Balaban J connectivity index is 2.53. The highest BCUT2D eigenvalue weighted by molar-refractivity contribution is 5.76. The van der Waals surface area contributed by atoms with Gasteiger partial charge in [0.15, 0.2) is 0 Å². The lowest BCUT2D eigenvalue weighted by Gasteiger charge is -2.27. The van der Waals surface area contributed by atoms with E-state index in [4.69, 9.17) is 4.74 Å². The van der Waals surface area contributed by atoms with Gasteiger partial charge >= 0.3 is 5.97 Å². The van der Waals surface area contributed by atoms with Crippen molar-refractivity contribution >= 4 is 5.97 Å². The van der Waals surface area contributed by atoms with Crippen LogP contribution in [0.25, 0.3) is 0 Å². The molecule has 1 aliphatic carbocycles. The zero-order chi connectivity index (χ0) is 11.1. The summed E-state index contributed by atoms with van der Waals surface area (Å²) in [5.74, 6) is -0.0110. The van der Waals surface area contributed by atoms with Crippen LogP contribution < -0.4 is 0 Å². The Bertz CT molecular complexity index is 189. The first-order chi connectivity index (χ1) is 7.19. The predicted molar refractivity (Wildman–Crippen MR) is 61.7 cm³/mol. The number of carbonyl (C=O) groups excluding carboxylic acids is 1. The van der Waals surface area contributed by atoms with Crippen molar-refractivity contribution in [2.45, 2.75) is 64.7 Å². The summed E-state index contributed by atoms with van der Waals surface area (Å²) < 4.78 is 4.92. The highest BCUT2D eigenvalue weighted by Crippen LogP contribution is 2.33. The maximum Gasteiger partial charge on any atom is 0.311 e. The van der Waals surface area contributed by atoms with E-state index in [0.29, 0.717) is 0 Å². The average molecular weight is 212 g/mol.